The first-order chi connectivity index (χ1) is 12.0. The van der Waals surface area contributed by atoms with Gasteiger partial charge in [0.2, 0.25) is 11.8 Å². The van der Waals surface area contributed by atoms with Gasteiger partial charge in [-0.2, -0.15) is 0 Å². The van der Waals surface area contributed by atoms with Gasteiger partial charge in [-0.05, 0) is 37.1 Å². The van der Waals surface area contributed by atoms with Gasteiger partial charge in [0.15, 0.2) is 6.61 Å². The van der Waals surface area contributed by atoms with E-state index in [0.717, 1.165) is 17.7 Å². The van der Waals surface area contributed by atoms with Crippen LogP contribution in [-0.2, 0) is 19.1 Å². The van der Waals surface area contributed by atoms with Gasteiger partial charge in [0, 0.05) is 18.9 Å². The molecule has 0 bridgehead atoms. The summed E-state index contributed by atoms with van der Waals surface area (Å²) in [5, 5.41) is 2.78. The van der Waals surface area contributed by atoms with Crippen LogP contribution in [0.5, 0.6) is 0 Å². The molecule has 0 atom stereocenters. The van der Waals surface area contributed by atoms with Gasteiger partial charge in [-0.3, -0.25) is 19.3 Å². The molecule has 0 radical (unpaired) electrons. The Morgan fingerprint density at radius 3 is 2.16 bits per heavy atom. The molecule has 0 unspecified atom stereocenters. The minimum Gasteiger partial charge on any atom is -0.452 e. The summed E-state index contributed by atoms with van der Waals surface area (Å²) in [6.07, 6.45) is 2.03. The summed E-state index contributed by atoms with van der Waals surface area (Å²) >= 11 is 0. The van der Waals surface area contributed by atoms with Crippen LogP contribution < -0.4 is 10.2 Å². The molecule has 134 valence electrons. The van der Waals surface area contributed by atoms with Gasteiger partial charge in [0.25, 0.3) is 5.91 Å². The highest BCUT2D eigenvalue weighted by atomic mass is 16.5. The lowest BCUT2D eigenvalue weighted by Crippen LogP contribution is -2.36. The van der Waals surface area contributed by atoms with Crippen molar-refractivity contribution in [1.29, 1.82) is 0 Å². The fourth-order valence-electron chi connectivity index (χ4n) is 2.59. The van der Waals surface area contributed by atoms with Crippen LogP contribution >= 0.6 is 0 Å². The number of hydrogen-bond acceptors (Lipinski definition) is 5. The van der Waals surface area contributed by atoms with E-state index < -0.39 is 5.97 Å². The molecule has 7 nitrogen and oxygen atoms in total. The van der Waals surface area contributed by atoms with Crippen molar-refractivity contribution in [1.82, 2.24) is 5.32 Å². The van der Waals surface area contributed by atoms with E-state index in [1.807, 2.05) is 13.8 Å². The topological polar surface area (TPSA) is 92.8 Å². The van der Waals surface area contributed by atoms with Crippen molar-refractivity contribution in [3.05, 3.63) is 29.8 Å². The molecule has 1 heterocycles. The van der Waals surface area contributed by atoms with Gasteiger partial charge >= 0.3 is 5.97 Å². The lowest BCUT2D eigenvalue weighted by atomic mass is 10.2. The molecule has 1 aliphatic rings. The minimum atomic E-state index is -0.634. The third-order valence-corrected chi connectivity index (χ3v) is 4.10. The Balaban J connectivity index is 1.91. The minimum absolute atomic E-state index is 0.0704. The van der Waals surface area contributed by atoms with Gasteiger partial charge in [0.1, 0.15) is 0 Å². The van der Waals surface area contributed by atoms with Crippen LogP contribution in [0.2, 0.25) is 0 Å². The highest BCUT2D eigenvalue weighted by Crippen LogP contribution is 2.22. The maximum atomic E-state index is 12.0. The lowest BCUT2D eigenvalue weighted by Gasteiger charge is -2.15. The van der Waals surface area contributed by atoms with Crippen LogP contribution in [0, 0.1) is 0 Å². The Hall–Kier alpha value is -2.70. The highest BCUT2D eigenvalue weighted by Gasteiger charge is 2.30. The molecule has 2 rings (SSSR count). The molecule has 7 heteroatoms. The number of hydrogen-bond donors (Lipinski definition) is 1. The first-order valence-corrected chi connectivity index (χ1v) is 8.38. The number of esters is 1. The maximum absolute atomic E-state index is 12.0. The lowest BCUT2D eigenvalue weighted by molar-refractivity contribution is -0.125. The third-order valence-electron chi connectivity index (χ3n) is 4.10. The van der Waals surface area contributed by atoms with E-state index in [4.69, 9.17) is 4.74 Å². The molecule has 0 spiro atoms. The molecular formula is C18H22N2O5. The van der Waals surface area contributed by atoms with Crippen LogP contribution in [0.1, 0.15) is 49.9 Å². The number of benzene rings is 1. The zero-order valence-corrected chi connectivity index (χ0v) is 14.4. The van der Waals surface area contributed by atoms with E-state index in [-0.39, 0.29) is 48.8 Å². The standard InChI is InChI=1S/C18H22N2O5/c1-3-13(4-2)19-15(21)11-25-18(24)12-5-7-14(8-6-12)20-16(22)9-10-17(20)23/h5-8,13H,3-4,9-11H2,1-2H3,(H,19,21). The normalized spacial score (nSPS) is 14.1. The van der Waals surface area contributed by atoms with Crippen molar-refractivity contribution in [2.24, 2.45) is 0 Å². The van der Waals surface area contributed by atoms with Gasteiger partial charge in [-0.15, -0.1) is 0 Å². The first kappa shape index (κ1) is 18.6. The molecule has 1 N–H and O–H groups in total. The summed E-state index contributed by atoms with van der Waals surface area (Å²) < 4.78 is 4.99. The number of carbonyl (C=O) groups is 4. The van der Waals surface area contributed by atoms with Gasteiger partial charge in [0.05, 0.1) is 11.3 Å². The van der Waals surface area contributed by atoms with Gasteiger partial charge in [-0.1, -0.05) is 13.8 Å². The fourth-order valence-corrected chi connectivity index (χ4v) is 2.59. The first-order valence-electron chi connectivity index (χ1n) is 8.38. The van der Waals surface area contributed by atoms with E-state index in [1.54, 1.807) is 0 Å². The number of carbonyl (C=O) groups excluding carboxylic acids is 4. The van der Waals surface area contributed by atoms with Crippen LogP contribution in [0.25, 0.3) is 0 Å². The Labute approximate surface area is 146 Å². The summed E-state index contributed by atoms with van der Waals surface area (Å²) in [6, 6.07) is 6.04. The Morgan fingerprint density at radius 1 is 1.08 bits per heavy atom. The summed E-state index contributed by atoms with van der Waals surface area (Å²) in [4.78, 5) is 48.2. The van der Waals surface area contributed by atoms with Crippen molar-refractivity contribution in [2.45, 2.75) is 45.6 Å². The summed E-state index contributed by atoms with van der Waals surface area (Å²) in [7, 11) is 0. The van der Waals surface area contributed by atoms with Crippen molar-refractivity contribution in [2.75, 3.05) is 11.5 Å². The van der Waals surface area contributed by atoms with E-state index in [2.05, 4.69) is 5.32 Å². The second-order valence-electron chi connectivity index (χ2n) is 5.83. The highest BCUT2D eigenvalue weighted by molar-refractivity contribution is 6.19. The van der Waals surface area contributed by atoms with E-state index in [9.17, 15) is 19.2 Å². The molecule has 3 amide bonds. The number of amides is 3. The number of ether oxygens (including phenoxy) is 1. The van der Waals surface area contributed by atoms with Gasteiger partial charge < -0.3 is 10.1 Å². The Morgan fingerprint density at radius 2 is 1.64 bits per heavy atom. The molecule has 0 aromatic heterocycles. The number of imide groups is 1. The number of rotatable bonds is 7. The quantitative estimate of drug-likeness (QED) is 0.600. The maximum Gasteiger partial charge on any atom is 0.338 e. The second-order valence-corrected chi connectivity index (χ2v) is 5.83. The van der Waals surface area contributed by atoms with Crippen molar-refractivity contribution < 1.29 is 23.9 Å². The van der Waals surface area contributed by atoms with Gasteiger partial charge in [-0.25, -0.2) is 4.79 Å². The molecular weight excluding hydrogens is 324 g/mol. The van der Waals surface area contributed by atoms with Crippen molar-refractivity contribution in [3.63, 3.8) is 0 Å². The van der Waals surface area contributed by atoms with Crippen LogP contribution in [0.15, 0.2) is 24.3 Å². The van der Waals surface area contributed by atoms with E-state index >= 15 is 0 Å². The van der Waals surface area contributed by atoms with Crippen LogP contribution in [0.4, 0.5) is 5.69 Å². The second kappa shape index (κ2) is 8.41. The average Bonchev–Trinajstić information content (AvgIpc) is 2.96. The van der Waals surface area contributed by atoms with E-state index in [1.165, 1.54) is 24.3 Å². The molecule has 0 aliphatic carbocycles. The molecule has 1 aromatic carbocycles. The molecule has 0 saturated carbocycles. The molecule has 1 saturated heterocycles. The van der Waals surface area contributed by atoms with Crippen LogP contribution in [-0.4, -0.2) is 36.3 Å². The molecule has 25 heavy (non-hydrogen) atoms. The molecule has 1 fully saturated rings. The number of anilines is 1. The zero-order valence-electron chi connectivity index (χ0n) is 14.4. The molecule has 1 aromatic rings. The smallest absolute Gasteiger partial charge is 0.338 e. The zero-order chi connectivity index (χ0) is 18.4. The van der Waals surface area contributed by atoms with E-state index in [0.29, 0.717) is 5.69 Å². The Kier molecular flexibility index (Phi) is 6.27. The fraction of sp³-hybridized carbons (Fsp3) is 0.444. The summed E-state index contributed by atoms with van der Waals surface area (Å²) in [5.41, 5.74) is 0.675. The average molecular weight is 346 g/mol. The third kappa shape index (κ3) is 4.65. The number of nitrogens with one attached hydrogen (secondary N) is 1. The predicted molar refractivity (Wildman–Crippen MR) is 91.0 cm³/mol. The van der Waals surface area contributed by atoms with Crippen LogP contribution in [0.3, 0.4) is 0 Å². The Bertz CT molecular complexity index is 649. The largest absolute Gasteiger partial charge is 0.452 e. The summed E-state index contributed by atoms with van der Waals surface area (Å²) in [5.74, 6) is -1.48. The molecule has 1 aliphatic heterocycles. The van der Waals surface area contributed by atoms with Crippen molar-refractivity contribution in [3.8, 4) is 0 Å². The summed E-state index contributed by atoms with van der Waals surface area (Å²) in [6.45, 7) is 3.59. The monoisotopic (exact) mass is 346 g/mol. The van der Waals surface area contributed by atoms with Crippen molar-refractivity contribution >= 4 is 29.4 Å². The number of nitrogens with zero attached hydrogens (tertiary/aromatic N) is 1. The predicted octanol–water partition coefficient (Wildman–Crippen LogP) is 1.80. The SMILES string of the molecule is CCC(CC)NC(=O)COC(=O)c1ccc(N2C(=O)CCC2=O)cc1.